The zero-order valence-electron chi connectivity index (χ0n) is 17.1. The van der Waals surface area contributed by atoms with Crippen molar-refractivity contribution in [2.75, 3.05) is 13.1 Å². The van der Waals surface area contributed by atoms with Crippen LogP contribution in [0.4, 0.5) is 8.78 Å². The minimum absolute atomic E-state index is 0.00667. The fourth-order valence-corrected chi connectivity index (χ4v) is 3.25. The van der Waals surface area contributed by atoms with Crippen molar-refractivity contribution in [3.8, 4) is 5.75 Å². The van der Waals surface area contributed by atoms with Gasteiger partial charge in [-0.3, -0.25) is 14.3 Å². The number of rotatable bonds is 4. The molecule has 2 heterocycles. The summed E-state index contributed by atoms with van der Waals surface area (Å²) in [4.78, 5) is 24.8. The van der Waals surface area contributed by atoms with Gasteiger partial charge in [-0.25, -0.2) is 8.78 Å². The van der Waals surface area contributed by atoms with E-state index >= 15 is 0 Å². The zero-order chi connectivity index (χ0) is 22.4. The standard InChI is InChI=1S/C13H10F2.C10H13N3O3/c14-12-5-1-10(2-6-12)9-11-3-7-13(15)8-4-11;1-2-3-12-4-5-13-8(10(12)16)9(15)7(14)6-11-13/h1-8H,9H2;6,15H,2-5H2,1H3. The van der Waals surface area contributed by atoms with Crippen molar-refractivity contribution in [3.05, 3.63) is 93.4 Å². The van der Waals surface area contributed by atoms with Gasteiger partial charge in [-0.15, -0.1) is 0 Å². The SMILES string of the molecule is CCCN1CCn2ncc(=O)c(O)c2C1=O.Fc1ccc(Cc2ccc(F)cc2)cc1. The van der Waals surface area contributed by atoms with Crippen LogP contribution in [-0.2, 0) is 13.0 Å². The van der Waals surface area contributed by atoms with E-state index in [4.69, 9.17) is 0 Å². The summed E-state index contributed by atoms with van der Waals surface area (Å²) in [6.45, 7) is 3.67. The van der Waals surface area contributed by atoms with Gasteiger partial charge < -0.3 is 10.0 Å². The van der Waals surface area contributed by atoms with Gasteiger partial charge in [0.2, 0.25) is 5.43 Å². The molecule has 0 radical (unpaired) electrons. The van der Waals surface area contributed by atoms with Crippen molar-refractivity contribution in [2.24, 2.45) is 0 Å². The third kappa shape index (κ3) is 5.53. The molecule has 31 heavy (non-hydrogen) atoms. The van der Waals surface area contributed by atoms with Crippen LogP contribution in [0.1, 0.15) is 35.0 Å². The van der Waals surface area contributed by atoms with Crippen molar-refractivity contribution in [1.29, 1.82) is 0 Å². The molecule has 8 heteroatoms. The predicted octanol–water partition coefficient (Wildman–Crippen LogP) is 3.37. The zero-order valence-corrected chi connectivity index (χ0v) is 17.1. The molecule has 0 unspecified atom stereocenters. The molecule has 0 fully saturated rings. The summed E-state index contributed by atoms with van der Waals surface area (Å²) in [5, 5.41) is 13.4. The maximum atomic E-state index is 12.6. The summed E-state index contributed by atoms with van der Waals surface area (Å²) in [5.74, 6) is -1.30. The number of benzene rings is 2. The molecule has 0 saturated heterocycles. The van der Waals surface area contributed by atoms with Crippen LogP contribution >= 0.6 is 0 Å². The fraction of sp³-hybridized carbons (Fsp3) is 0.261. The van der Waals surface area contributed by atoms with Gasteiger partial charge in [0.05, 0.1) is 12.7 Å². The van der Waals surface area contributed by atoms with Crippen molar-refractivity contribution >= 4 is 5.91 Å². The number of amides is 1. The summed E-state index contributed by atoms with van der Waals surface area (Å²) in [7, 11) is 0. The minimum Gasteiger partial charge on any atom is -0.502 e. The number of carbonyl (C=O) groups excluding carboxylic acids is 1. The monoisotopic (exact) mass is 427 g/mol. The van der Waals surface area contributed by atoms with Crippen LogP contribution in [0, 0.1) is 11.6 Å². The Morgan fingerprint density at radius 1 is 0.935 bits per heavy atom. The van der Waals surface area contributed by atoms with E-state index < -0.39 is 11.2 Å². The molecule has 0 atom stereocenters. The first-order valence-corrected chi connectivity index (χ1v) is 9.96. The van der Waals surface area contributed by atoms with Crippen molar-refractivity contribution in [3.63, 3.8) is 0 Å². The van der Waals surface area contributed by atoms with E-state index in [9.17, 15) is 23.5 Å². The van der Waals surface area contributed by atoms with Crippen LogP contribution in [0.2, 0.25) is 0 Å². The Hall–Kier alpha value is -3.55. The minimum atomic E-state index is -0.613. The molecular formula is C23H23F2N3O3. The van der Waals surface area contributed by atoms with E-state index in [1.165, 1.54) is 28.9 Å². The molecule has 3 aromatic rings. The number of hydrogen-bond donors (Lipinski definition) is 1. The van der Waals surface area contributed by atoms with Crippen LogP contribution in [0.3, 0.4) is 0 Å². The molecule has 4 rings (SSSR count). The fourth-order valence-electron chi connectivity index (χ4n) is 3.25. The van der Waals surface area contributed by atoms with Gasteiger partial charge in [0.15, 0.2) is 11.4 Å². The lowest BCUT2D eigenvalue weighted by Gasteiger charge is -2.28. The topological polar surface area (TPSA) is 75.4 Å². The maximum absolute atomic E-state index is 12.6. The summed E-state index contributed by atoms with van der Waals surface area (Å²) < 4.78 is 26.6. The summed E-state index contributed by atoms with van der Waals surface area (Å²) in [6.07, 6.45) is 2.57. The summed E-state index contributed by atoms with van der Waals surface area (Å²) >= 11 is 0. The quantitative estimate of drug-likeness (QED) is 0.693. The molecule has 0 saturated carbocycles. The molecule has 1 aliphatic rings. The number of aromatic nitrogens is 2. The highest BCUT2D eigenvalue weighted by Crippen LogP contribution is 2.17. The second-order valence-corrected chi connectivity index (χ2v) is 7.15. The second kappa shape index (κ2) is 9.97. The van der Waals surface area contributed by atoms with E-state index in [-0.39, 0.29) is 23.2 Å². The third-order valence-electron chi connectivity index (χ3n) is 4.83. The highest BCUT2D eigenvalue weighted by atomic mass is 19.1. The lowest BCUT2D eigenvalue weighted by atomic mass is 10.1. The van der Waals surface area contributed by atoms with Gasteiger partial charge >= 0.3 is 0 Å². The van der Waals surface area contributed by atoms with Crippen LogP contribution < -0.4 is 5.43 Å². The van der Waals surface area contributed by atoms with Crippen molar-refractivity contribution < 1.29 is 18.7 Å². The van der Waals surface area contributed by atoms with Crippen LogP contribution in [0.15, 0.2) is 59.5 Å². The number of aromatic hydroxyl groups is 1. The Labute approximate surface area is 178 Å². The number of nitrogens with zero attached hydrogens (tertiary/aromatic N) is 3. The van der Waals surface area contributed by atoms with Crippen LogP contribution in [0.5, 0.6) is 5.75 Å². The molecule has 0 spiro atoms. The van der Waals surface area contributed by atoms with Gasteiger partial charge in [-0.1, -0.05) is 31.2 Å². The van der Waals surface area contributed by atoms with E-state index in [1.54, 1.807) is 29.2 Å². The Morgan fingerprint density at radius 3 is 2.00 bits per heavy atom. The molecule has 6 nitrogen and oxygen atoms in total. The van der Waals surface area contributed by atoms with Gasteiger partial charge in [-0.2, -0.15) is 5.10 Å². The Morgan fingerprint density at radius 2 is 1.48 bits per heavy atom. The Bertz CT molecular complexity index is 1050. The molecule has 0 bridgehead atoms. The third-order valence-corrected chi connectivity index (χ3v) is 4.83. The number of carbonyl (C=O) groups is 1. The Balaban J connectivity index is 0.000000176. The lowest BCUT2D eigenvalue weighted by Crippen LogP contribution is -2.42. The average Bonchev–Trinajstić information content (AvgIpc) is 2.76. The molecule has 1 amide bonds. The number of hydrogen-bond acceptors (Lipinski definition) is 4. The van der Waals surface area contributed by atoms with Gasteiger partial charge in [0, 0.05) is 13.1 Å². The van der Waals surface area contributed by atoms with Gasteiger partial charge in [-0.05, 0) is 48.2 Å². The summed E-state index contributed by atoms with van der Waals surface area (Å²) in [6, 6.07) is 12.7. The van der Waals surface area contributed by atoms with Gasteiger partial charge in [0.25, 0.3) is 5.91 Å². The maximum Gasteiger partial charge on any atom is 0.276 e. The van der Waals surface area contributed by atoms with E-state index in [0.717, 1.165) is 23.7 Å². The molecule has 1 aromatic heterocycles. The van der Waals surface area contributed by atoms with Crippen molar-refractivity contribution in [1.82, 2.24) is 14.7 Å². The van der Waals surface area contributed by atoms with E-state index in [2.05, 4.69) is 5.10 Å². The molecule has 162 valence electrons. The largest absolute Gasteiger partial charge is 0.502 e. The first kappa shape index (κ1) is 22.1. The molecular weight excluding hydrogens is 404 g/mol. The van der Waals surface area contributed by atoms with E-state index in [1.807, 2.05) is 6.92 Å². The normalized spacial score (nSPS) is 12.7. The summed E-state index contributed by atoms with van der Waals surface area (Å²) in [5.41, 5.74) is 1.43. The molecule has 0 aliphatic carbocycles. The number of halogens is 2. The average molecular weight is 427 g/mol. The smallest absolute Gasteiger partial charge is 0.276 e. The predicted molar refractivity (Wildman–Crippen MR) is 112 cm³/mol. The first-order valence-electron chi connectivity index (χ1n) is 9.96. The second-order valence-electron chi connectivity index (χ2n) is 7.15. The lowest BCUT2D eigenvalue weighted by molar-refractivity contribution is 0.0687. The number of fused-ring (bicyclic) bond motifs is 1. The molecule has 1 aliphatic heterocycles. The van der Waals surface area contributed by atoms with Crippen LogP contribution in [-0.4, -0.2) is 38.8 Å². The highest BCUT2D eigenvalue weighted by molar-refractivity contribution is 5.95. The van der Waals surface area contributed by atoms with Gasteiger partial charge in [0.1, 0.15) is 11.6 Å². The molecule has 2 aromatic carbocycles. The van der Waals surface area contributed by atoms with Crippen molar-refractivity contribution in [2.45, 2.75) is 26.3 Å². The van der Waals surface area contributed by atoms with Crippen LogP contribution in [0.25, 0.3) is 0 Å². The van der Waals surface area contributed by atoms with E-state index in [0.29, 0.717) is 26.1 Å². The molecule has 1 N–H and O–H groups in total. The highest BCUT2D eigenvalue weighted by Gasteiger charge is 2.28. The Kier molecular flexibility index (Phi) is 7.12. The first-order chi connectivity index (χ1) is 14.9.